The van der Waals surface area contributed by atoms with Gasteiger partial charge in [0.05, 0.1) is 11.0 Å². The second kappa shape index (κ2) is 6.52. The number of amides is 1. The van der Waals surface area contributed by atoms with Gasteiger partial charge in [0.25, 0.3) is 5.91 Å². The summed E-state index contributed by atoms with van der Waals surface area (Å²) in [6, 6.07) is 7.57. The molecule has 1 saturated heterocycles. The zero-order chi connectivity index (χ0) is 15.5. The molecule has 2 rings (SSSR count). The molecular weight excluding hydrogens is 286 g/mol. The molecule has 1 heterocycles. The predicted octanol–water partition coefficient (Wildman–Crippen LogP) is 3.13. The number of hydrogen-bond acceptors (Lipinski definition) is 3. The molecule has 0 radical (unpaired) electrons. The quantitative estimate of drug-likeness (QED) is 0.868. The second-order valence-electron chi connectivity index (χ2n) is 5.43. The summed E-state index contributed by atoms with van der Waals surface area (Å²) in [6.45, 7) is 2.94. The fourth-order valence-corrected chi connectivity index (χ4v) is 3.44. The van der Waals surface area contributed by atoms with Crippen molar-refractivity contribution in [2.45, 2.75) is 31.1 Å². The van der Waals surface area contributed by atoms with E-state index in [9.17, 15) is 14.7 Å². The molecule has 1 aliphatic rings. The molecule has 0 spiro atoms. The minimum atomic E-state index is -0.735. The summed E-state index contributed by atoms with van der Waals surface area (Å²) < 4.78 is 0. The van der Waals surface area contributed by atoms with Crippen molar-refractivity contribution in [3.63, 3.8) is 0 Å². The monoisotopic (exact) mass is 307 g/mol. The van der Waals surface area contributed by atoms with E-state index in [-0.39, 0.29) is 5.91 Å². The van der Waals surface area contributed by atoms with Crippen LogP contribution in [0.2, 0.25) is 0 Å². The van der Waals surface area contributed by atoms with Crippen molar-refractivity contribution in [1.29, 1.82) is 0 Å². The first-order valence-electron chi connectivity index (χ1n) is 7.20. The highest BCUT2D eigenvalue weighted by molar-refractivity contribution is 7.98. The highest BCUT2D eigenvalue weighted by Crippen LogP contribution is 2.36. The van der Waals surface area contributed by atoms with Gasteiger partial charge >= 0.3 is 5.97 Å². The van der Waals surface area contributed by atoms with E-state index in [0.717, 1.165) is 4.90 Å². The summed E-state index contributed by atoms with van der Waals surface area (Å²) >= 11 is 1.56. The van der Waals surface area contributed by atoms with Crippen molar-refractivity contribution in [3.8, 4) is 0 Å². The molecule has 1 fully saturated rings. The average Bonchev–Trinajstić information content (AvgIpc) is 2.54. The van der Waals surface area contributed by atoms with Crippen molar-refractivity contribution >= 4 is 23.6 Å². The highest BCUT2D eigenvalue weighted by atomic mass is 32.2. The molecule has 1 aliphatic heterocycles. The van der Waals surface area contributed by atoms with Crippen LogP contribution in [0.1, 0.15) is 36.5 Å². The standard InChI is InChI=1S/C16H21NO3S/c1-3-16(15(19)20)8-10-17(11-9-16)14(18)12-6-4-5-7-13(12)21-2/h4-7H,3,8-11H2,1-2H3,(H,19,20). The number of benzene rings is 1. The van der Waals surface area contributed by atoms with E-state index in [2.05, 4.69) is 0 Å². The van der Waals surface area contributed by atoms with E-state index in [4.69, 9.17) is 0 Å². The van der Waals surface area contributed by atoms with Crippen LogP contribution in [0, 0.1) is 5.41 Å². The Morgan fingerprint density at radius 2 is 1.90 bits per heavy atom. The van der Waals surface area contributed by atoms with E-state index in [0.29, 0.717) is 37.9 Å². The van der Waals surface area contributed by atoms with Crippen LogP contribution in [0.3, 0.4) is 0 Å². The van der Waals surface area contributed by atoms with Gasteiger partial charge in [-0.1, -0.05) is 19.1 Å². The molecule has 1 amide bonds. The van der Waals surface area contributed by atoms with E-state index >= 15 is 0 Å². The maximum absolute atomic E-state index is 12.6. The Kier molecular flexibility index (Phi) is 4.93. The third-order valence-electron chi connectivity index (χ3n) is 4.48. The van der Waals surface area contributed by atoms with Crippen molar-refractivity contribution < 1.29 is 14.7 Å². The molecule has 114 valence electrons. The zero-order valence-electron chi connectivity index (χ0n) is 12.5. The average molecular weight is 307 g/mol. The molecule has 0 aliphatic carbocycles. The first kappa shape index (κ1) is 15.9. The number of rotatable bonds is 4. The predicted molar refractivity (Wildman–Crippen MR) is 83.7 cm³/mol. The lowest BCUT2D eigenvalue weighted by Crippen LogP contribution is -2.46. The molecule has 0 atom stereocenters. The number of carboxylic acid groups (broad SMARTS) is 1. The van der Waals surface area contributed by atoms with Gasteiger partial charge in [-0.15, -0.1) is 11.8 Å². The third-order valence-corrected chi connectivity index (χ3v) is 5.27. The Hall–Kier alpha value is -1.49. The Labute approximate surface area is 129 Å². The fraction of sp³-hybridized carbons (Fsp3) is 0.500. The summed E-state index contributed by atoms with van der Waals surface area (Å²) in [5.74, 6) is -0.725. The number of carbonyl (C=O) groups is 2. The number of likely N-dealkylation sites (tertiary alicyclic amines) is 1. The number of carboxylic acids is 1. The van der Waals surface area contributed by atoms with Crippen LogP contribution in [0.25, 0.3) is 0 Å². The number of aliphatic carboxylic acids is 1. The number of nitrogens with zero attached hydrogens (tertiary/aromatic N) is 1. The summed E-state index contributed by atoms with van der Waals surface area (Å²) in [4.78, 5) is 26.8. The summed E-state index contributed by atoms with van der Waals surface area (Å²) in [6.07, 6.45) is 3.64. The van der Waals surface area contributed by atoms with Gasteiger partial charge in [-0.3, -0.25) is 9.59 Å². The topological polar surface area (TPSA) is 57.6 Å². The minimum absolute atomic E-state index is 0.00930. The third kappa shape index (κ3) is 3.07. The van der Waals surface area contributed by atoms with E-state index in [1.807, 2.05) is 37.4 Å². The Morgan fingerprint density at radius 1 is 1.29 bits per heavy atom. The van der Waals surface area contributed by atoms with Crippen LogP contribution in [-0.4, -0.2) is 41.2 Å². The molecule has 4 nitrogen and oxygen atoms in total. The van der Waals surface area contributed by atoms with Gasteiger partial charge in [0, 0.05) is 18.0 Å². The number of carbonyl (C=O) groups excluding carboxylic acids is 1. The van der Waals surface area contributed by atoms with Gasteiger partial charge in [-0.25, -0.2) is 0 Å². The lowest BCUT2D eigenvalue weighted by molar-refractivity contribution is -0.152. The summed E-state index contributed by atoms with van der Waals surface area (Å²) in [5, 5.41) is 9.41. The lowest BCUT2D eigenvalue weighted by atomic mass is 9.76. The van der Waals surface area contributed by atoms with Crippen LogP contribution in [-0.2, 0) is 4.79 Å². The Morgan fingerprint density at radius 3 is 2.43 bits per heavy atom. The van der Waals surface area contributed by atoms with Crippen LogP contribution < -0.4 is 0 Å². The van der Waals surface area contributed by atoms with Gasteiger partial charge in [0.2, 0.25) is 0 Å². The smallest absolute Gasteiger partial charge is 0.309 e. The minimum Gasteiger partial charge on any atom is -0.481 e. The van der Waals surface area contributed by atoms with Crippen LogP contribution >= 0.6 is 11.8 Å². The molecule has 0 saturated carbocycles. The van der Waals surface area contributed by atoms with Crippen LogP contribution in [0.4, 0.5) is 0 Å². The first-order chi connectivity index (χ1) is 10.0. The van der Waals surface area contributed by atoms with Gasteiger partial charge < -0.3 is 10.0 Å². The molecule has 0 bridgehead atoms. The summed E-state index contributed by atoms with van der Waals surface area (Å²) in [5.41, 5.74) is 0.0554. The van der Waals surface area contributed by atoms with E-state index in [1.165, 1.54) is 0 Å². The largest absolute Gasteiger partial charge is 0.481 e. The second-order valence-corrected chi connectivity index (χ2v) is 6.28. The molecule has 1 aromatic carbocycles. The van der Waals surface area contributed by atoms with Crippen molar-refractivity contribution in [2.75, 3.05) is 19.3 Å². The van der Waals surface area contributed by atoms with Crippen molar-refractivity contribution in [2.24, 2.45) is 5.41 Å². The van der Waals surface area contributed by atoms with Gasteiger partial charge in [-0.05, 0) is 37.7 Å². The first-order valence-corrected chi connectivity index (χ1v) is 8.42. The normalized spacial score (nSPS) is 17.5. The maximum atomic E-state index is 12.6. The van der Waals surface area contributed by atoms with Gasteiger partial charge in [-0.2, -0.15) is 0 Å². The molecule has 1 aromatic rings. The molecule has 1 N–H and O–H groups in total. The Balaban J connectivity index is 2.12. The molecular formula is C16H21NO3S. The number of piperidine rings is 1. The molecule has 5 heteroatoms. The molecule has 21 heavy (non-hydrogen) atoms. The Bertz CT molecular complexity index is 536. The maximum Gasteiger partial charge on any atom is 0.309 e. The molecule has 0 aromatic heterocycles. The van der Waals surface area contributed by atoms with Crippen molar-refractivity contribution in [1.82, 2.24) is 4.90 Å². The number of thioether (sulfide) groups is 1. The number of hydrogen-bond donors (Lipinski definition) is 1. The van der Waals surface area contributed by atoms with Crippen LogP contribution in [0.5, 0.6) is 0 Å². The van der Waals surface area contributed by atoms with E-state index in [1.54, 1.807) is 16.7 Å². The van der Waals surface area contributed by atoms with E-state index < -0.39 is 11.4 Å². The lowest BCUT2D eigenvalue weighted by Gasteiger charge is -2.38. The SMILES string of the molecule is CCC1(C(=O)O)CCN(C(=O)c2ccccc2SC)CC1. The highest BCUT2D eigenvalue weighted by Gasteiger charge is 2.41. The molecule has 0 unspecified atom stereocenters. The van der Waals surface area contributed by atoms with Crippen LogP contribution in [0.15, 0.2) is 29.2 Å². The summed E-state index contributed by atoms with van der Waals surface area (Å²) in [7, 11) is 0. The van der Waals surface area contributed by atoms with Crippen molar-refractivity contribution in [3.05, 3.63) is 29.8 Å². The van der Waals surface area contributed by atoms with Gasteiger partial charge in [0.1, 0.15) is 0 Å². The fourth-order valence-electron chi connectivity index (χ4n) is 2.85. The zero-order valence-corrected chi connectivity index (χ0v) is 13.3. The van der Waals surface area contributed by atoms with Gasteiger partial charge in [0.15, 0.2) is 0 Å².